The van der Waals surface area contributed by atoms with Crippen LogP contribution < -0.4 is 0 Å². The third-order valence-electron chi connectivity index (χ3n) is 1.38. The normalized spacial score (nSPS) is 10.1. The van der Waals surface area contributed by atoms with E-state index in [1.807, 2.05) is 6.07 Å². The molecule has 0 bridgehead atoms. The molecule has 0 fully saturated rings. The van der Waals surface area contributed by atoms with Gasteiger partial charge in [-0.3, -0.25) is 0 Å². The number of halogens is 3. The highest BCUT2D eigenvalue weighted by atomic mass is 127. The Morgan fingerprint density at radius 1 is 1.45 bits per heavy atom. The molecular formula is C8H7BrFI. The molecule has 11 heavy (non-hydrogen) atoms. The molecule has 1 rings (SSSR count). The van der Waals surface area contributed by atoms with Gasteiger partial charge < -0.3 is 0 Å². The molecule has 0 saturated heterocycles. The van der Waals surface area contributed by atoms with E-state index in [4.69, 9.17) is 0 Å². The van der Waals surface area contributed by atoms with Crippen LogP contribution in [0.15, 0.2) is 22.7 Å². The van der Waals surface area contributed by atoms with Crippen LogP contribution in [0.5, 0.6) is 0 Å². The third kappa shape index (κ3) is 2.71. The Bertz CT molecular complexity index is 250. The molecule has 0 aromatic heterocycles. The van der Waals surface area contributed by atoms with E-state index in [1.54, 1.807) is 0 Å². The van der Waals surface area contributed by atoms with E-state index >= 15 is 0 Å². The summed E-state index contributed by atoms with van der Waals surface area (Å²) >= 11 is 5.61. The van der Waals surface area contributed by atoms with Gasteiger partial charge in [-0.05, 0) is 24.1 Å². The maximum Gasteiger partial charge on any atom is 0.124 e. The second-order valence-corrected chi connectivity index (χ2v) is 4.11. The van der Waals surface area contributed by atoms with Crippen molar-refractivity contribution in [2.24, 2.45) is 0 Å². The van der Waals surface area contributed by atoms with E-state index in [0.29, 0.717) is 0 Å². The van der Waals surface area contributed by atoms with Gasteiger partial charge in [-0.15, -0.1) is 0 Å². The first-order valence-corrected chi connectivity index (χ1v) is 5.56. The number of hydrogen-bond acceptors (Lipinski definition) is 0. The van der Waals surface area contributed by atoms with E-state index in [1.165, 1.54) is 17.7 Å². The molecule has 0 amide bonds. The summed E-state index contributed by atoms with van der Waals surface area (Å²) in [6.45, 7) is 0. The Kier molecular flexibility index (Phi) is 3.78. The van der Waals surface area contributed by atoms with Crippen LogP contribution in [0.25, 0.3) is 0 Å². The first kappa shape index (κ1) is 9.45. The lowest BCUT2D eigenvalue weighted by molar-refractivity contribution is 0.626. The van der Waals surface area contributed by atoms with Crippen molar-refractivity contribution in [1.29, 1.82) is 0 Å². The van der Waals surface area contributed by atoms with Crippen molar-refractivity contribution < 1.29 is 4.39 Å². The summed E-state index contributed by atoms with van der Waals surface area (Å²) in [6, 6.07) is 4.81. The summed E-state index contributed by atoms with van der Waals surface area (Å²) in [7, 11) is 0. The van der Waals surface area contributed by atoms with Crippen LogP contribution in [0.3, 0.4) is 0 Å². The van der Waals surface area contributed by atoms with Crippen molar-refractivity contribution in [1.82, 2.24) is 0 Å². The number of aryl methyl sites for hydroxylation is 1. The lowest BCUT2D eigenvalue weighted by Crippen LogP contribution is -1.87. The standard InChI is InChI=1S/C8H7BrFI/c9-8-5-7(10)2-1-6(8)3-4-11/h1-2,5H,3-4H2. The SMILES string of the molecule is Fc1ccc(CCI)c(Br)c1. The molecule has 0 nitrogen and oxygen atoms in total. The highest BCUT2D eigenvalue weighted by molar-refractivity contribution is 14.1. The van der Waals surface area contributed by atoms with Crippen molar-refractivity contribution in [2.45, 2.75) is 6.42 Å². The number of benzene rings is 1. The van der Waals surface area contributed by atoms with Crippen molar-refractivity contribution >= 4 is 38.5 Å². The quantitative estimate of drug-likeness (QED) is 0.575. The maximum atomic E-state index is 12.6. The van der Waals surface area contributed by atoms with Gasteiger partial charge in [-0.25, -0.2) is 4.39 Å². The van der Waals surface area contributed by atoms with Crippen LogP contribution in [0.2, 0.25) is 0 Å². The van der Waals surface area contributed by atoms with Crippen LogP contribution in [-0.2, 0) is 6.42 Å². The molecule has 1 aromatic carbocycles. The molecule has 3 heteroatoms. The minimum Gasteiger partial charge on any atom is -0.207 e. The molecule has 0 aliphatic heterocycles. The Labute approximate surface area is 87.5 Å². The first-order valence-electron chi connectivity index (χ1n) is 3.24. The zero-order chi connectivity index (χ0) is 8.27. The number of hydrogen-bond donors (Lipinski definition) is 0. The molecule has 0 aliphatic carbocycles. The zero-order valence-electron chi connectivity index (χ0n) is 5.78. The minimum atomic E-state index is -0.186. The lowest BCUT2D eigenvalue weighted by atomic mass is 10.2. The van der Waals surface area contributed by atoms with E-state index < -0.39 is 0 Å². The summed E-state index contributed by atoms with van der Waals surface area (Å²) < 4.78 is 14.5. The van der Waals surface area contributed by atoms with Gasteiger partial charge in [0.1, 0.15) is 5.82 Å². The molecule has 0 spiro atoms. The lowest BCUT2D eigenvalue weighted by Gasteiger charge is -2.00. The highest BCUT2D eigenvalue weighted by Gasteiger charge is 1.99. The van der Waals surface area contributed by atoms with Crippen LogP contribution in [0, 0.1) is 5.82 Å². The predicted molar refractivity (Wildman–Crippen MR) is 56.7 cm³/mol. The molecular weight excluding hydrogens is 322 g/mol. The maximum absolute atomic E-state index is 12.6. The predicted octanol–water partition coefficient (Wildman–Crippen LogP) is 3.57. The highest BCUT2D eigenvalue weighted by Crippen LogP contribution is 2.18. The molecule has 0 radical (unpaired) electrons. The molecule has 0 N–H and O–H groups in total. The summed E-state index contributed by atoms with van der Waals surface area (Å²) in [6.07, 6.45) is 0.988. The van der Waals surface area contributed by atoms with E-state index in [9.17, 15) is 4.39 Å². The number of rotatable bonds is 2. The van der Waals surface area contributed by atoms with Crippen LogP contribution in [0.1, 0.15) is 5.56 Å². The van der Waals surface area contributed by atoms with Crippen LogP contribution in [-0.4, -0.2) is 4.43 Å². The van der Waals surface area contributed by atoms with Crippen molar-refractivity contribution in [2.75, 3.05) is 4.43 Å². The fourth-order valence-electron chi connectivity index (χ4n) is 0.826. The first-order chi connectivity index (χ1) is 5.24. The Balaban J connectivity index is 2.90. The number of alkyl halides is 1. The largest absolute Gasteiger partial charge is 0.207 e. The fourth-order valence-corrected chi connectivity index (χ4v) is 1.96. The smallest absolute Gasteiger partial charge is 0.124 e. The molecule has 0 heterocycles. The van der Waals surface area contributed by atoms with Crippen LogP contribution >= 0.6 is 38.5 Å². The van der Waals surface area contributed by atoms with Gasteiger partial charge in [0.25, 0.3) is 0 Å². The summed E-state index contributed by atoms with van der Waals surface area (Å²) in [5.74, 6) is -0.186. The van der Waals surface area contributed by atoms with Gasteiger partial charge in [0, 0.05) is 8.90 Å². The molecule has 0 aliphatic rings. The van der Waals surface area contributed by atoms with Gasteiger partial charge in [-0.1, -0.05) is 44.6 Å². The topological polar surface area (TPSA) is 0 Å². The zero-order valence-corrected chi connectivity index (χ0v) is 9.52. The summed E-state index contributed by atoms with van der Waals surface area (Å²) in [4.78, 5) is 0. The van der Waals surface area contributed by atoms with Gasteiger partial charge >= 0.3 is 0 Å². The molecule has 60 valence electrons. The van der Waals surface area contributed by atoms with Crippen molar-refractivity contribution in [3.8, 4) is 0 Å². The van der Waals surface area contributed by atoms with Crippen LogP contribution in [0.4, 0.5) is 4.39 Å². The fraction of sp³-hybridized carbons (Fsp3) is 0.250. The van der Waals surface area contributed by atoms with Crippen molar-refractivity contribution in [3.63, 3.8) is 0 Å². The molecule has 1 aromatic rings. The molecule has 0 unspecified atom stereocenters. The second-order valence-electron chi connectivity index (χ2n) is 2.17. The third-order valence-corrected chi connectivity index (χ3v) is 2.66. The summed E-state index contributed by atoms with van der Waals surface area (Å²) in [5, 5.41) is 0. The Hall–Kier alpha value is 0.360. The monoisotopic (exact) mass is 328 g/mol. The van der Waals surface area contributed by atoms with Gasteiger partial charge in [0.15, 0.2) is 0 Å². The van der Waals surface area contributed by atoms with E-state index in [2.05, 4.69) is 38.5 Å². The Morgan fingerprint density at radius 3 is 2.73 bits per heavy atom. The molecule has 0 saturated carbocycles. The van der Waals surface area contributed by atoms with Gasteiger partial charge in [0.05, 0.1) is 0 Å². The second kappa shape index (κ2) is 4.40. The summed E-state index contributed by atoms with van der Waals surface area (Å²) in [5.41, 5.74) is 1.17. The van der Waals surface area contributed by atoms with Gasteiger partial charge in [0.2, 0.25) is 0 Å². The van der Waals surface area contributed by atoms with E-state index in [-0.39, 0.29) is 5.82 Å². The van der Waals surface area contributed by atoms with Crippen molar-refractivity contribution in [3.05, 3.63) is 34.1 Å². The van der Waals surface area contributed by atoms with E-state index in [0.717, 1.165) is 15.3 Å². The average Bonchev–Trinajstić information content (AvgIpc) is 1.95. The minimum absolute atomic E-state index is 0.186. The molecule has 0 atom stereocenters. The average molecular weight is 329 g/mol. The Morgan fingerprint density at radius 2 is 2.18 bits per heavy atom. The van der Waals surface area contributed by atoms with Gasteiger partial charge in [-0.2, -0.15) is 0 Å².